The molecule has 1 heterocycles. The first-order valence-electron chi connectivity index (χ1n) is 12.3. The Bertz CT molecular complexity index is 890. The van der Waals surface area contributed by atoms with Crippen LogP contribution in [0, 0.1) is 0 Å². The zero-order valence-electron chi connectivity index (χ0n) is 24.1. The summed E-state index contributed by atoms with van der Waals surface area (Å²) in [5.74, 6) is -1.85. The van der Waals surface area contributed by atoms with Crippen molar-refractivity contribution in [1.29, 1.82) is 0 Å². The highest BCUT2D eigenvalue weighted by Crippen LogP contribution is 2.35. The van der Waals surface area contributed by atoms with Gasteiger partial charge in [0, 0.05) is 0 Å². The van der Waals surface area contributed by atoms with E-state index in [0.29, 0.717) is 0 Å². The number of carbonyl (C=O) groups excluding carboxylic acids is 1. The summed E-state index contributed by atoms with van der Waals surface area (Å²) in [6, 6.07) is 0. The van der Waals surface area contributed by atoms with Crippen LogP contribution in [0.5, 0.6) is 0 Å². The summed E-state index contributed by atoms with van der Waals surface area (Å²) in [7, 11) is 0. The van der Waals surface area contributed by atoms with Crippen LogP contribution in [0.1, 0.15) is 44.9 Å². The van der Waals surface area contributed by atoms with Gasteiger partial charge in [-0.1, -0.05) is 0 Å². The molecule has 51 heavy (non-hydrogen) atoms. The molecule has 30 heteroatoms. The number of alkyl halides is 21. The van der Waals surface area contributed by atoms with E-state index in [0.717, 1.165) is 0 Å². The van der Waals surface area contributed by atoms with Crippen LogP contribution in [0.2, 0.25) is 0 Å². The maximum atomic E-state index is 12.1. The number of aldehydes is 1. The number of hydrogen-bond donors (Lipinski definition) is 3. The summed E-state index contributed by atoms with van der Waals surface area (Å²) < 4.78 is 260. The molecular weight excluding hydrogens is 795 g/mol. The van der Waals surface area contributed by atoms with Crippen molar-refractivity contribution in [2.75, 3.05) is 0 Å². The highest BCUT2D eigenvalue weighted by molar-refractivity contribution is 5.67. The summed E-state index contributed by atoms with van der Waals surface area (Å²) in [4.78, 5) is 18.4. The molecule has 0 radical (unpaired) electrons. The molecule has 308 valence electrons. The molecule has 0 saturated carbocycles. The van der Waals surface area contributed by atoms with E-state index in [2.05, 4.69) is 18.9 Å². The standard InChI is InChI=1S/C9H9F9O3.C6H8F6O3.C3H3F3O2.C3H3F3O/c10-7(11,12)1-4-19-5(2-8(13,14)15)21-6(20-4)3-9(16,17)18;7-5(8,9)1-3(13)15-4(14)2-6(10,11)12;4-3(5,6)1-2(7)8;4-3(5,6)1-2-7/h4-6H,1-3H2;3-4,13-14H,1-2H2;1H2,(H,7,8);2H,1H2. The minimum atomic E-state index is -4.88. The van der Waals surface area contributed by atoms with Gasteiger partial charge in [-0.2, -0.15) is 92.2 Å². The molecule has 3 N–H and O–H groups in total. The number of carboxylic acid groups (broad SMARTS) is 1. The zero-order chi connectivity index (χ0) is 41.4. The van der Waals surface area contributed by atoms with Gasteiger partial charge in [0.25, 0.3) is 0 Å². The summed E-state index contributed by atoms with van der Waals surface area (Å²) in [5, 5.41) is 24.5. The van der Waals surface area contributed by atoms with Gasteiger partial charge >= 0.3 is 49.2 Å². The second-order valence-electron chi connectivity index (χ2n) is 9.01. The van der Waals surface area contributed by atoms with Gasteiger partial charge in [0.2, 0.25) is 0 Å². The van der Waals surface area contributed by atoms with E-state index in [1.54, 1.807) is 0 Å². The number of aliphatic hydroxyl groups is 2. The predicted octanol–water partition coefficient (Wildman–Crippen LogP) is 7.59. The number of aliphatic hydroxyl groups excluding tert-OH is 2. The Labute approximate surface area is 269 Å². The van der Waals surface area contributed by atoms with Crippen molar-refractivity contribution in [1.82, 2.24) is 0 Å². The minimum absolute atomic E-state index is 0.167. The molecule has 1 rings (SSSR count). The number of carbonyl (C=O) groups is 2. The quantitative estimate of drug-likeness (QED) is 0.122. The van der Waals surface area contributed by atoms with Crippen LogP contribution in [-0.2, 0) is 28.5 Å². The highest BCUT2D eigenvalue weighted by atomic mass is 19.4. The normalized spacial score (nSPS) is 20.3. The Balaban J connectivity index is -0.000000666. The van der Waals surface area contributed by atoms with Crippen LogP contribution in [0.25, 0.3) is 0 Å². The van der Waals surface area contributed by atoms with Crippen LogP contribution in [0.15, 0.2) is 0 Å². The van der Waals surface area contributed by atoms with Gasteiger partial charge < -0.3 is 39.1 Å². The number of ether oxygens (including phenoxy) is 4. The molecule has 9 nitrogen and oxygen atoms in total. The molecular formula is C21H23F21O9. The fourth-order valence-electron chi connectivity index (χ4n) is 2.40. The fraction of sp³-hybridized carbons (Fsp3) is 0.905. The lowest BCUT2D eigenvalue weighted by Gasteiger charge is -2.36. The number of carboxylic acids is 1. The molecule has 0 aromatic carbocycles. The van der Waals surface area contributed by atoms with Gasteiger partial charge in [-0.05, 0) is 0 Å². The topological polar surface area (TPSA) is 132 Å². The maximum absolute atomic E-state index is 12.1. The molecule has 2 unspecified atom stereocenters. The third kappa shape index (κ3) is 43.5. The fourth-order valence-corrected chi connectivity index (χ4v) is 2.40. The van der Waals surface area contributed by atoms with Crippen molar-refractivity contribution >= 4 is 12.3 Å². The van der Waals surface area contributed by atoms with Gasteiger partial charge in [0.05, 0.1) is 38.5 Å². The van der Waals surface area contributed by atoms with Crippen LogP contribution >= 0.6 is 0 Å². The van der Waals surface area contributed by atoms with Crippen molar-refractivity contribution < 1.29 is 136 Å². The second-order valence-corrected chi connectivity index (χ2v) is 9.01. The number of aliphatic carboxylic acids is 1. The van der Waals surface area contributed by atoms with Gasteiger partial charge in [0.15, 0.2) is 31.5 Å². The molecule has 1 aliphatic heterocycles. The van der Waals surface area contributed by atoms with Crippen LogP contribution in [0.3, 0.4) is 0 Å². The van der Waals surface area contributed by atoms with Gasteiger partial charge in [0.1, 0.15) is 12.7 Å². The summed E-state index contributed by atoms with van der Waals surface area (Å²) in [5.41, 5.74) is 0. The highest BCUT2D eigenvalue weighted by Gasteiger charge is 2.46. The number of halogens is 21. The van der Waals surface area contributed by atoms with Crippen molar-refractivity contribution in [3.05, 3.63) is 0 Å². The summed E-state index contributed by atoms with van der Waals surface area (Å²) >= 11 is 0. The van der Waals surface area contributed by atoms with E-state index in [9.17, 15) is 97.0 Å². The van der Waals surface area contributed by atoms with Gasteiger partial charge in [-0.25, -0.2) is 0 Å². The first kappa shape index (κ1) is 52.8. The van der Waals surface area contributed by atoms with E-state index in [4.69, 9.17) is 20.1 Å². The molecule has 0 aliphatic carbocycles. The van der Waals surface area contributed by atoms with E-state index < -0.39 is 126 Å². The molecule has 0 aromatic rings. The molecule has 0 aromatic heterocycles. The Hall–Kier alpha value is -2.57. The molecule has 2 atom stereocenters. The second kappa shape index (κ2) is 21.2. The molecule has 0 amide bonds. The Kier molecular flexibility index (Phi) is 22.0. The predicted molar refractivity (Wildman–Crippen MR) is 116 cm³/mol. The van der Waals surface area contributed by atoms with Crippen molar-refractivity contribution in [3.8, 4) is 0 Å². The first-order valence-corrected chi connectivity index (χ1v) is 12.3. The largest absolute Gasteiger partial charge is 0.481 e. The summed E-state index contributed by atoms with van der Waals surface area (Å²) in [6.07, 6.45) is -57.5. The van der Waals surface area contributed by atoms with Crippen molar-refractivity contribution in [2.24, 2.45) is 0 Å². The molecule has 1 aliphatic rings. The number of hydrogen-bond acceptors (Lipinski definition) is 8. The maximum Gasteiger partial charge on any atom is 0.399 e. The van der Waals surface area contributed by atoms with E-state index >= 15 is 0 Å². The molecule has 1 saturated heterocycles. The smallest absolute Gasteiger partial charge is 0.399 e. The average molecular weight is 818 g/mol. The first-order chi connectivity index (χ1) is 22.2. The monoisotopic (exact) mass is 818 g/mol. The average Bonchev–Trinajstić information content (AvgIpc) is 2.70. The number of rotatable bonds is 9. The lowest BCUT2D eigenvalue weighted by molar-refractivity contribution is -0.414. The Morgan fingerprint density at radius 3 is 0.922 bits per heavy atom. The minimum Gasteiger partial charge on any atom is -0.481 e. The zero-order valence-corrected chi connectivity index (χ0v) is 24.1. The molecule has 0 spiro atoms. The lowest BCUT2D eigenvalue weighted by Crippen LogP contribution is -2.45. The van der Waals surface area contributed by atoms with E-state index in [1.165, 1.54) is 0 Å². The van der Waals surface area contributed by atoms with Crippen LogP contribution in [0.4, 0.5) is 92.2 Å². The lowest BCUT2D eigenvalue weighted by atomic mass is 10.3. The van der Waals surface area contributed by atoms with Crippen molar-refractivity contribution in [2.45, 2.75) is 120 Å². The Morgan fingerprint density at radius 2 is 0.804 bits per heavy atom. The van der Waals surface area contributed by atoms with Crippen LogP contribution in [-0.4, -0.2) is 102 Å². The third-order valence-corrected chi connectivity index (χ3v) is 3.90. The molecule has 1 fully saturated rings. The summed E-state index contributed by atoms with van der Waals surface area (Å²) in [6.45, 7) is 0. The Morgan fingerprint density at radius 1 is 0.529 bits per heavy atom. The van der Waals surface area contributed by atoms with E-state index in [1.807, 2.05) is 0 Å². The van der Waals surface area contributed by atoms with Gasteiger partial charge in [-0.15, -0.1) is 0 Å². The SMILES string of the molecule is FC(F)(F)CC1OC(CC(F)(F)F)OC(CC(F)(F)F)O1.O=C(O)CC(F)(F)F.O=CCC(F)(F)F.OC(CC(F)(F)F)OC(O)CC(F)(F)F. The van der Waals surface area contributed by atoms with E-state index in [-0.39, 0.29) is 6.29 Å². The third-order valence-electron chi connectivity index (χ3n) is 3.90. The molecule has 0 bridgehead atoms. The van der Waals surface area contributed by atoms with Crippen LogP contribution < -0.4 is 0 Å². The van der Waals surface area contributed by atoms with Gasteiger partial charge in [-0.3, -0.25) is 4.79 Å². The van der Waals surface area contributed by atoms with Crippen molar-refractivity contribution in [3.63, 3.8) is 0 Å².